The van der Waals surface area contributed by atoms with Crippen molar-refractivity contribution in [2.45, 2.75) is 0 Å². The number of rotatable bonds is 0. The van der Waals surface area contributed by atoms with Gasteiger partial charge in [-0.3, -0.25) is 4.99 Å². The third kappa shape index (κ3) is 0.778. The lowest BCUT2D eigenvalue weighted by Crippen LogP contribution is -2.05. The fourth-order valence-electron chi connectivity index (χ4n) is 1.07. The number of allylic oxidation sites excluding steroid dienone is 3. The van der Waals surface area contributed by atoms with E-state index in [1.54, 1.807) is 6.20 Å². The van der Waals surface area contributed by atoms with E-state index in [0.717, 1.165) is 6.54 Å². The van der Waals surface area contributed by atoms with Gasteiger partial charge in [-0.2, -0.15) is 0 Å². The SMILES string of the molecule is C1=CN=CC2=CCNC2=C1. The van der Waals surface area contributed by atoms with Crippen molar-refractivity contribution in [3.63, 3.8) is 0 Å². The molecule has 10 heavy (non-hydrogen) atoms. The minimum Gasteiger partial charge on any atom is -0.381 e. The number of nitrogens with zero attached hydrogens (tertiary/aromatic N) is 1. The van der Waals surface area contributed by atoms with Gasteiger partial charge in [0.1, 0.15) is 0 Å². The maximum Gasteiger partial charge on any atom is 0.0429 e. The van der Waals surface area contributed by atoms with Crippen LogP contribution in [0, 0.1) is 0 Å². The Kier molecular flexibility index (Phi) is 1.17. The standard InChI is InChI=1S/C8H8N2/c1-2-8-7(3-5-10-8)6-9-4-1/h1-4,6,10H,5H2. The van der Waals surface area contributed by atoms with E-state index in [0.29, 0.717) is 0 Å². The van der Waals surface area contributed by atoms with E-state index >= 15 is 0 Å². The van der Waals surface area contributed by atoms with Gasteiger partial charge >= 0.3 is 0 Å². The van der Waals surface area contributed by atoms with Crippen molar-refractivity contribution in [3.8, 4) is 0 Å². The molecule has 2 heteroatoms. The van der Waals surface area contributed by atoms with Crippen molar-refractivity contribution >= 4 is 6.21 Å². The Bertz CT molecular complexity index is 256. The van der Waals surface area contributed by atoms with E-state index in [1.807, 2.05) is 18.4 Å². The predicted octanol–water partition coefficient (Wildman–Crippen LogP) is 0.998. The Morgan fingerprint density at radius 1 is 1.50 bits per heavy atom. The highest BCUT2D eigenvalue weighted by molar-refractivity contribution is 5.86. The second-order valence-corrected chi connectivity index (χ2v) is 2.24. The second kappa shape index (κ2) is 2.14. The molecule has 50 valence electrons. The van der Waals surface area contributed by atoms with Gasteiger partial charge in [0.25, 0.3) is 0 Å². The molecule has 0 aromatic heterocycles. The molecule has 0 aromatic carbocycles. The monoisotopic (exact) mass is 132 g/mol. The normalized spacial score (nSPS) is 20.8. The third-order valence-corrected chi connectivity index (χ3v) is 1.57. The van der Waals surface area contributed by atoms with Crippen molar-refractivity contribution in [3.05, 3.63) is 35.7 Å². The summed E-state index contributed by atoms with van der Waals surface area (Å²) >= 11 is 0. The van der Waals surface area contributed by atoms with Gasteiger partial charge in [-0.1, -0.05) is 6.08 Å². The average Bonchev–Trinajstić information content (AvgIpc) is 2.28. The highest BCUT2D eigenvalue weighted by atomic mass is 14.9. The maximum absolute atomic E-state index is 4.05. The molecule has 0 atom stereocenters. The molecule has 2 rings (SSSR count). The quantitative estimate of drug-likeness (QED) is 0.522. The Hall–Kier alpha value is -1.31. The predicted molar refractivity (Wildman–Crippen MR) is 41.8 cm³/mol. The molecule has 2 aliphatic rings. The fourth-order valence-corrected chi connectivity index (χ4v) is 1.07. The molecule has 2 nitrogen and oxygen atoms in total. The van der Waals surface area contributed by atoms with Gasteiger partial charge < -0.3 is 5.32 Å². The van der Waals surface area contributed by atoms with Crippen LogP contribution >= 0.6 is 0 Å². The van der Waals surface area contributed by atoms with Gasteiger partial charge in [-0.15, -0.1) is 0 Å². The van der Waals surface area contributed by atoms with Gasteiger partial charge in [0.15, 0.2) is 0 Å². The van der Waals surface area contributed by atoms with E-state index in [1.165, 1.54) is 11.3 Å². The summed E-state index contributed by atoms with van der Waals surface area (Å²) in [6.45, 7) is 0.932. The molecule has 0 unspecified atom stereocenters. The Balaban J connectivity index is 2.42. The fraction of sp³-hybridized carbons (Fsp3) is 0.125. The van der Waals surface area contributed by atoms with E-state index in [2.05, 4.69) is 16.4 Å². The lowest BCUT2D eigenvalue weighted by atomic mass is 10.2. The molecule has 0 bridgehead atoms. The van der Waals surface area contributed by atoms with Crippen LogP contribution in [0.3, 0.4) is 0 Å². The third-order valence-electron chi connectivity index (χ3n) is 1.57. The zero-order chi connectivity index (χ0) is 6.81. The molecule has 0 aromatic rings. The summed E-state index contributed by atoms with van der Waals surface area (Å²) in [5.74, 6) is 0. The largest absolute Gasteiger partial charge is 0.381 e. The topological polar surface area (TPSA) is 24.4 Å². The van der Waals surface area contributed by atoms with Crippen LogP contribution in [0.5, 0.6) is 0 Å². The van der Waals surface area contributed by atoms with Crippen LogP contribution in [0.1, 0.15) is 0 Å². The molecular formula is C8H8N2. The van der Waals surface area contributed by atoms with E-state index in [-0.39, 0.29) is 0 Å². The molecule has 2 heterocycles. The van der Waals surface area contributed by atoms with Gasteiger partial charge in [0, 0.05) is 30.2 Å². The summed E-state index contributed by atoms with van der Waals surface area (Å²) in [6.07, 6.45) is 9.75. The molecule has 0 fully saturated rings. The summed E-state index contributed by atoms with van der Waals surface area (Å²) in [4.78, 5) is 4.05. The minimum absolute atomic E-state index is 0.932. The van der Waals surface area contributed by atoms with Gasteiger partial charge in [0.2, 0.25) is 0 Å². The smallest absolute Gasteiger partial charge is 0.0429 e. The number of hydrogen-bond acceptors (Lipinski definition) is 2. The lowest BCUT2D eigenvalue weighted by Gasteiger charge is -1.96. The van der Waals surface area contributed by atoms with E-state index < -0.39 is 0 Å². The number of fused-ring (bicyclic) bond motifs is 1. The van der Waals surface area contributed by atoms with Crippen LogP contribution in [-0.2, 0) is 0 Å². The molecule has 2 aliphatic heterocycles. The first-order valence-electron chi connectivity index (χ1n) is 3.31. The van der Waals surface area contributed by atoms with E-state index in [9.17, 15) is 0 Å². The summed E-state index contributed by atoms with van der Waals surface area (Å²) in [6, 6.07) is 0. The lowest BCUT2D eigenvalue weighted by molar-refractivity contribution is 0.979. The molecule has 0 saturated heterocycles. The Morgan fingerprint density at radius 3 is 3.50 bits per heavy atom. The number of hydrogen-bond donors (Lipinski definition) is 1. The average molecular weight is 132 g/mol. The molecule has 0 radical (unpaired) electrons. The van der Waals surface area contributed by atoms with Crippen LogP contribution in [0.25, 0.3) is 0 Å². The van der Waals surface area contributed by atoms with Crippen LogP contribution in [-0.4, -0.2) is 12.8 Å². The van der Waals surface area contributed by atoms with Gasteiger partial charge in [-0.05, 0) is 12.2 Å². The maximum atomic E-state index is 4.05. The number of nitrogens with one attached hydrogen (secondary N) is 1. The summed E-state index contributed by atoms with van der Waals surface area (Å²) in [5, 5.41) is 3.22. The van der Waals surface area contributed by atoms with Crippen LogP contribution in [0.15, 0.2) is 40.7 Å². The Morgan fingerprint density at radius 2 is 2.50 bits per heavy atom. The van der Waals surface area contributed by atoms with E-state index in [4.69, 9.17) is 0 Å². The van der Waals surface area contributed by atoms with Gasteiger partial charge in [-0.25, -0.2) is 0 Å². The Labute approximate surface area is 59.7 Å². The zero-order valence-electron chi connectivity index (χ0n) is 5.54. The molecule has 0 aliphatic carbocycles. The summed E-state index contributed by atoms with van der Waals surface area (Å²) in [5.41, 5.74) is 2.38. The highest BCUT2D eigenvalue weighted by Crippen LogP contribution is 2.11. The molecular weight excluding hydrogens is 124 g/mol. The van der Waals surface area contributed by atoms with Crippen LogP contribution < -0.4 is 5.32 Å². The van der Waals surface area contributed by atoms with Crippen molar-refractivity contribution in [1.29, 1.82) is 0 Å². The molecule has 0 saturated carbocycles. The molecule has 0 amide bonds. The van der Waals surface area contributed by atoms with Crippen molar-refractivity contribution in [1.82, 2.24) is 5.32 Å². The molecule has 1 N–H and O–H groups in total. The van der Waals surface area contributed by atoms with Gasteiger partial charge in [0.05, 0.1) is 0 Å². The number of aliphatic imine (C=N–C) groups is 1. The molecule has 0 spiro atoms. The van der Waals surface area contributed by atoms with Crippen LogP contribution in [0.2, 0.25) is 0 Å². The highest BCUT2D eigenvalue weighted by Gasteiger charge is 2.07. The summed E-state index contributed by atoms with van der Waals surface area (Å²) in [7, 11) is 0. The second-order valence-electron chi connectivity index (χ2n) is 2.24. The van der Waals surface area contributed by atoms with Crippen molar-refractivity contribution in [2.75, 3.05) is 6.54 Å². The minimum atomic E-state index is 0.932. The van der Waals surface area contributed by atoms with Crippen LogP contribution in [0.4, 0.5) is 0 Å². The first kappa shape index (κ1) is 5.47. The van der Waals surface area contributed by atoms with Crippen molar-refractivity contribution in [2.24, 2.45) is 4.99 Å². The van der Waals surface area contributed by atoms with Crippen molar-refractivity contribution < 1.29 is 0 Å². The zero-order valence-corrected chi connectivity index (χ0v) is 5.54. The summed E-state index contributed by atoms with van der Waals surface area (Å²) < 4.78 is 0. The first-order valence-corrected chi connectivity index (χ1v) is 3.31. The first-order chi connectivity index (χ1) is 4.97.